The predicted molar refractivity (Wildman–Crippen MR) is 109 cm³/mol. The second-order valence-electron chi connectivity index (χ2n) is 7.15. The number of ether oxygens (including phenoxy) is 1. The Morgan fingerprint density at radius 2 is 2.11 bits per heavy atom. The average molecular weight is 400 g/mol. The SMILES string of the molecule is COc1ccc([C@@H]2CC(=O)NC(SCC(=O)N3CCCC[C@@H]3C)=C2C#N)cc1. The Morgan fingerprint density at radius 3 is 2.75 bits per heavy atom. The van der Waals surface area contributed by atoms with Crippen LogP contribution in [0.4, 0.5) is 0 Å². The maximum atomic E-state index is 12.6. The molecule has 2 aliphatic heterocycles. The van der Waals surface area contributed by atoms with E-state index in [9.17, 15) is 14.9 Å². The van der Waals surface area contributed by atoms with Crippen molar-refractivity contribution in [1.29, 1.82) is 5.26 Å². The zero-order valence-corrected chi connectivity index (χ0v) is 17.1. The van der Waals surface area contributed by atoms with E-state index in [-0.39, 0.29) is 35.9 Å². The number of methoxy groups -OCH3 is 1. The lowest BCUT2D eigenvalue weighted by molar-refractivity contribution is -0.131. The van der Waals surface area contributed by atoms with Crippen LogP contribution in [0.15, 0.2) is 34.9 Å². The number of thioether (sulfide) groups is 1. The maximum absolute atomic E-state index is 12.6. The summed E-state index contributed by atoms with van der Waals surface area (Å²) >= 11 is 1.25. The van der Waals surface area contributed by atoms with E-state index in [2.05, 4.69) is 18.3 Å². The number of carbonyl (C=O) groups excluding carboxylic acids is 2. The highest BCUT2D eigenvalue weighted by molar-refractivity contribution is 8.03. The highest BCUT2D eigenvalue weighted by Gasteiger charge is 2.31. The fourth-order valence-corrected chi connectivity index (χ4v) is 4.70. The van der Waals surface area contributed by atoms with Crippen molar-refractivity contribution in [3.63, 3.8) is 0 Å². The first-order valence-electron chi connectivity index (χ1n) is 9.53. The van der Waals surface area contributed by atoms with Gasteiger partial charge in [0.25, 0.3) is 0 Å². The quantitative estimate of drug-likeness (QED) is 0.822. The number of piperidine rings is 1. The van der Waals surface area contributed by atoms with E-state index in [1.54, 1.807) is 7.11 Å². The Labute approximate surface area is 169 Å². The van der Waals surface area contributed by atoms with Crippen LogP contribution >= 0.6 is 11.8 Å². The van der Waals surface area contributed by atoms with Crippen molar-refractivity contribution < 1.29 is 14.3 Å². The number of rotatable bonds is 5. The minimum absolute atomic E-state index is 0.0582. The monoisotopic (exact) mass is 399 g/mol. The molecule has 0 unspecified atom stereocenters. The number of amides is 2. The summed E-state index contributed by atoms with van der Waals surface area (Å²) < 4.78 is 5.18. The predicted octanol–water partition coefficient (Wildman–Crippen LogP) is 3.17. The van der Waals surface area contributed by atoms with Crippen LogP contribution in [-0.4, -0.2) is 42.2 Å². The third-order valence-electron chi connectivity index (χ3n) is 5.34. The Balaban J connectivity index is 1.77. The number of nitrogens with zero attached hydrogens (tertiary/aromatic N) is 2. The lowest BCUT2D eigenvalue weighted by Gasteiger charge is -2.33. The molecule has 2 atom stereocenters. The molecular formula is C21H25N3O3S. The minimum atomic E-state index is -0.309. The van der Waals surface area contributed by atoms with E-state index in [0.29, 0.717) is 10.6 Å². The van der Waals surface area contributed by atoms with Crippen LogP contribution in [0, 0.1) is 11.3 Å². The van der Waals surface area contributed by atoms with E-state index < -0.39 is 0 Å². The number of likely N-dealkylation sites (tertiary alicyclic amines) is 1. The lowest BCUT2D eigenvalue weighted by Crippen LogP contribution is -2.43. The highest BCUT2D eigenvalue weighted by Crippen LogP contribution is 2.36. The van der Waals surface area contributed by atoms with Gasteiger partial charge in [0.05, 0.1) is 29.5 Å². The van der Waals surface area contributed by atoms with Crippen LogP contribution in [0.25, 0.3) is 0 Å². The molecule has 3 rings (SSSR count). The Kier molecular flexibility index (Phi) is 6.63. The number of carbonyl (C=O) groups is 2. The van der Waals surface area contributed by atoms with Crippen molar-refractivity contribution in [3.8, 4) is 11.8 Å². The molecular weight excluding hydrogens is 374 g/mol. The van der Waals surface area contributed by atoms with Crippen LogP contribution in [-0.2, 0) is 9.59 Å². The van der Waals surface area contributed by atoms with Gasteiger partial charge >= 0.3 is 0 Å². The summed E-state index contributed by atoms with van der Waals surface area (Å²) in [6.45, 7) is 2.86. The molecule has 1 N–H and O–H groups in total. The molecule has 1 saturated heterocycles. The maximum Gasteiger partial charge on any atom is 0.233 e. The van der Waals surface area contributed by atoms with Crippen molar-refractivity contribution in [3.05, 3.63) is 40.4 Å². The van der Waals surface area contributed by atoms with Crippen molar-refractivity contribution in [2.45, 2.75) is 44.6 Å². The third-order valence-corrected chi connectivity index (χ3v) is 6.34. The van der Waals surface area contributed by atoms with Gasteiger partial charge < -0.3 is 15.0 Å². The summed E-state index contributed by atoms with van der Waals surface area (Å²) in [5, 5.41) is 13.0. The first kappa shape index (κ1) is 20.3. The molecule has 1 aromatic carbocycles. The van der Waals surface area contributed by atoms with Crippen molar-refractivity contribution in [2.75, 3.05) is 19.4 Å². The van der Waals surface area contributed by atoms with Gasteiger partial charge in [0.15, 0.2) is 0 Å². The summed E-state index contributed by atoms with van der Waals surface area (Å²) in [6, 6.07) is 9.90. The van der Waals surface area contributed by atoms with E-state index in [0.717, 1.165) is 37.1 Å². The Hall–Kier alpha value is -2.46. The topological polar surface area (TPSA) is 82.4 Å². The van der Waals surface area contributed by atoms with Crippen molar-refractivity contribution in [2.24, 2.45) is 0 Å². The summed E-state index contributed by atoms with van der Waals surface area (Å²) in [5.74, 6) is 0.558. The van der Waals surface area contributed by atoms with Crippen LogP contribution in [0.2, 0.25) is 0 Å². The molecule has 2 heterocycles. The average Bonchev–Trinajstić information content (AvgIpc) is 2.72. The second kappa shape index (κ2) is 9.16. The summed E-state index contributed by atoms with van der Waals surface area (Å²) in [4.78, 5) is 26.8. The van der Waals surface area contributed by atoms with Crippen LogP contribution < -0.4 is 10.1 Å². The fourth-order valence-electron chi connectivity index (χ4n) is 3.74. The lowest BCUT2D eigenvalue weighted by atomic mass is 9.87. The molecule has 0 spiro atoms. The molecule has 1 fully saturated rings. The molecule has 0 aliphatic carbocycles. The number of hydrogen-bond donors (Lipinski definition) is 1. The molecule has 2 amide bonds. The zero-order valence-electron chi connectivity index (χ0n) is 16.2. The minimum Gasteiger partial charge on any atom is -0.497 e. The standard InChI is InChI=1S/C21H25N3O3S/c1-14-5-3-4-10-24(14)20(26)13-28-21-18(12-22)17(11-19(25)23-21)15-6-8-16(27-2)9-7-15/h6-9,14,17H,3-5,10-11,13H2,1-2H3,(H,23,25)/t14-,17-/m0/s1. The van der Waals surface area contributed by atoms with Crippen LogP contribution in [0.5, 0.6) is 5.75 Å². The van der Waals surface area contributed by atoms with Gasteiger partial charge in [-0.15, -0.1) is 0 Å². The highest BCUT2D eigenvalue weighted by atomic mass is 32.2. The number of hydrogen-bond acceptors (Lipinski definition) is 5. The molecule has 148 valence electrons. The second-order valence-corrected chi connectivity index (χ2v) is 8.14. The van der Waals surface area contributed by atoms with Crippen molar-refractivity contribution >= 4 is 23.6 Å². The molecule has 0 aromatic heterocycles. The summed E-state index contributed by atoms with van der Waals surface area (Å²) in [5.41, 5.74) is 1.40. The smallest absolute Gasteiger partial charge is 0.233 e. The molecule has 2 aliphatic rings. The molecule has 7 heteroatoms. The molecule has 28 heavy (non-hydrogen) atoms. The number of benzene rings is 1. The van der Waals surface area contributed by atoms with Gasteiger partial charge in [-0.2, -0.15) is 5.26 Å². The van der Waals surface area contributed by atoms with Gasteiger partial charge in [0.2, 0.25) is 11.8 Å². The van der Waals surface area contributed by atoms with E-state index in [1.807, 2.05) is 29.2 Å². The number of nitrogens with one attached hydrogen (secondary N) is 1. The number of allylic oxidation sites excluding steroid dienone is 1. The van der Waals surface area contributed by atoms with Gasteiger partial charge in [0, 0.05) is 24.9 Å². The van der Waals surface area contributed by atoms with Crippen molar-refractivity contribution in [1.82, 2.24) is 10.2 Å². The molecule has 1 aromatic rings. The van der Waals surface area contributed by atoms with Crippen LogP contribution in [0.1, 0.15) is 44.1 Å². The third kappa shape index (κ3) is 4.50. The normalized spacial score (nSPS) is 22.5. The Bertz CT molecular complexity index is 813. The van der Waals surface area contributed by atoms with Gasteiger partial charge in [-0.1, -0.05) is 23.9 Å². The fraction of sp³-hybridized carbons (Fsp3) is 0.476. The first-order chi connectivity index (χ1) is 13.5. The van der Waals surface area contributed by atoms with Gasteiger partial charge in [0.1, 0.15) is 5.75 Å². The van der Waals surface area contributed by atoms with E-state index in [1.165, 1.54) is 11.8 Å². The first-order valence-corrected chi connectivity index (χ1v) is 10.5. The molecule has 0 saturated carbocycles. The Morgan fingerprint density at radius 1 is 1.36 bits per heavy atom. The van der Waals surface area contributed by atoms with E-state index in [4.69, 9.17) is 4.74 Å². The summed E-state index contributed by atoms with van der Waals surface area (Å²) in [6.07, 6.45) is 3.43. The zero-order chi connectivity index (χ0) is 20.1. The van der Waals surface area contributed by atoms with Crippen LogP contribution in [0.3, 0.4) is 0 Å². The molecule has 0 radical (unpaired) electrons. The van der Waals surface area contributed by atoms with Gasteiger partial charge in [-0.3, -0.25) is 9.59 Å². The van der Waals surface area contributed by atoms with Gasteiger partial charge in [-0.05, 0) is 43.9 Å². The largest absolute Gasteiger partial charge is 0.497 e. The summed E-state index contributed by atoms with van der Waals surface area (Å²) in [7, 11) is 1.60. The number of nitriles is 1. The molecule has 6 nitrogen and oxygen atoms in total. The molecule has 0 bridgehead atoms. The van der Waals surface area contributed by atoms with E-state index >= 15 is 0 Å². The van der Waals surface area contributed by atoms with Gasteiger partial charge in [-0.25, -0.2) is 0 Å².